The predicted molar refractivity (Wildman–Crippen MR) is 145 cm³/mol. The maximum absolute atomic E-state index is 13.2. The molecule has 5 N–H and O–H groups in total. The number of carbonyl (C=O) groups is 6. The van der Waals surface area contributed by atoms with Gasteiger partial charge in [0.25, 0.3) is 5.69 Å². The molecule has 1 fully saturated rings. The highest BCUT2D eigenvalue weighted by Crippen LogP contribution is 2.20. The Morgan fingerprint density at radius 1 is 0.951 bits per heavy atom. The summed E-state index contributed by atoms with van der Waals surface area (Å²) in [6.45, 7) is 6.57. The average molecular weight is 577 g/mol. The Labute approximate surface area is 236 Å². The van der Waals surface area contributed by atoms with E-state index in [1.54, 1.807) is 13.8 Å². The number of hydrogen-bond donors (Lipinski definition) is 5. The molecular formula is C26H36N6O9. The lowest BCUT2D eigenvalue weighted by Gasteiger charge is -2.30. The number of nitrogens with zero attached hydrogens (tertiary/aromatic N) is 2. The van der Waals surface area contributed by atoms with Crippen molar-refractivity contribution in [2.24, 2.45) is 5.92 Å². The minimum atomic E-state index is -1.15. The lowest BCUT2D eigenvalue weighted by Crippen LogP contribution is -2.57. The largest absolute Gasteiger partial charge is 0.481 e. The quantitative estimate of drug-likeness (QED) is 0.163. The number of amides is 5. The van der Waals surface area contributed by atoms with Crippen molar-refractivity contribution in [1.29, 1.82) is 0 Å². The topological polar surface area (TPSA) is 217 Å². The number of likely N-dealkylation sites (tertiary alicyclic amines) is 1. The van der Waals surface area contributed by atoms with Crippen LogP contribution in [0.25, 0.3) is 0 Å². The van der Waals surface area contributed by atoms with Crippen molar-refractivity contribution < 1.29 is 38.8 Å². The Balaban J connectivity index is 1.99. The smallest absolute Gasteiger partial charge is 0.303 e. The van der Waals surface area contributed by atoms with Crippen LogP contribution in [0.2, 0.25) is 0 Å². The molecule has 1 heterocycles. The molecule has 15 heteroatoms. The fraction of sp³-hybridized carbons (Fsp3) is 0.538. The van der Waals surface area contributed by atoms with E-state index < -0.39 is 64.6 Å². The van der Waals surface area contributed by atoms with Gasteiger partial charge in [0.05, 0.1) is 11.3 Å². The molecule has 2 rings (SSSR count). The van der Waals surface area contributed by atoms with E-state index in [9.17, 15) is 38.9 Å². The second-order valence-corrected chi connectivity index (χ2v) is 10.1. The van der Waals surface area contributed by atoms with Crippen molar-refractivity contribution in [3.63, 3.8) is 0 Å². The first kappa shape index (κ1) is 32.7. The number of non-ortho nitro benzene ring substituents is 1. The summed E-state index contributed by atoms with van der Waals surface area (Å²) in [4.78, 5) is 85.8. The fourth-order valence-electron chi connectivity index (χ4n) is 4.22. The van der Waals surface area contributed by atoms with E-state index in [0.29, 0.717) is 18.5 Å². The summed E-state index contributed by atoms with van der Waals surface area (Å²) < 4.78 is 0. The summed E-state index contributed by atoms with van der Waals surface area (Å²) in [5.41, 5.74) is 0.179. The molecule has 1 aromatic rings. The van der Waals surface area contributed by atoms with Gasteiger partial charge in [-0.3, -0.25) is 38.9 Å². The van der Waals surface area contributed by atoms with E-state index in [1.165, 1.54) is 43.0 Å². The van der Waals surface area contributed by atoms with Crippen molar-refractivity contribution >= 4 is 46.9 Å². The molecule has 4 atom stereocenters. The molecule has 5 amide bonds. The number of carboxylic acid groups (broad SMARTS) is 1. The van der Waals surface area contributed by atoms with Gasteiger partial charge < -0.3 is 31.3 Å². The third-order valence-electron chi connectivity index (χ3n) is 6.50. The van der Waals surface area contributed by atoms with Crippen LogP contribution in [0.4, 0.5) is 11.4 Å². The molecule has 1 aliphatic heterocycles. The molecule has 15 nitrogen and oxygen atoms in total. The number of benzene rings is 1. The summed E-state index contributed by atoms with van der Waals surface area (Å²) in [6, 6.07) is 1.37. The molecule has 0 radical (unpaired) electrons. The van der Waals surface area contributed by atoms with Crippen LogP contribution in [0, 0.1) is 16.0 Å². The number of carboxylic acids is 1. The third kappa shape index (κ3) is 9.54. The van der Waals surface area contributed by atoms with E-state index in [1.807, 2.05) is 0 Å². The highest BCUT2D eigenvalue weighted by atomic mass is 16.6. The Morgan fingerprint density at radius 3 is 2.15 bits per heavy atom. The highest BCUT2D eigenvalue weighted by molar-refractivity contribution is 5.99. The van der Waals surface area contributed by atoms with Gasteiger partial charge in [0.2, 0.25) is 29.5 Å². The molecule has 0 spiro atoms. The second-order valence-electron chi connectivity index (χ2n) is 10.1. The number of nitrogens with one attached hydrogen (secondary N) is 4. The Kier molecular flexibility index (Phi) is 11.7. The Bertz CT molecular complexity index is 1170. The van der Waals surface area contributed by atoms with Crippen LogP contribution in [-0.2, 0) is 28.8 Å². The van der Waals surface area contributed by atoms with Crippen LogP contribution in [0.15, 0.2) is 24.3 Å². The van der Waals surface area contributed by atoms with Crippen molar-refractivity contribution in [1.82, 2.24) is 20.9 Å². The van der Waals surface area contributed by atoms with Crippen molar-refractivity contribution in [2.75, 3.05) is 11.9 Å². The average Bonchev–Trinajstić information content (AvgIpc) is 3.40. The summed E-state index contributed by atoms with van der Waals surface area (Å²) in [5, 5.41) is 29.7. The van der Waals surface area contributed by atoms with E-state index in [4.69, 9.17) is 5.11 Å². The van der Waals surface area contributed by atoms with Gasteiger partial charge >= 0.3 is 5.97 Å². The van der Waals surface area contributed by atoms with Crippen molar-refractivity contribution in [3.05, 3.63) is 34.4 Å². The Morgan fingerprint density at radius 2 is 1.59 bits per heavy atom. The molecule has 224 valence electrons. The summed E-state index contributed by atoms with van der Waals surface area (Å²) in [6.07, 6.45) is 0.198. The number of hydrogen-bond acceptors (Lipinski definition) is 8. The lowest BCUT2D eigenvalue weighted by molar-refractivity contribution is -0.384. The molecule has 41 heavy (non-hydrogen) atoms. The first-order chi connectivity index (χ1) is 19.2. The minimum absolute atomic E-state index is 0.136. The molecule has 1 aromatic carbocycles. The zero-order valence-electron chi connectivity index (χ0n) is 23.3. The van der Waals surface area contributed by atoms with E-state index in [-0.39, 0.29) is 31.0 Å². The predicted octanol–water partition coefficient (Wildman–Crippen LogP) is 0.539. The van der Waals surface area contributed by atoms with Gasteiger partial charge in [0, 0.05) is 30.8 Å². The Hall–Kier alpha value is -4.56. The van der Waals surface area contributed by atoms with Crippen molar-refractivity contribution in [3.8, 4) is 0 Å². The van der Waals surface area contributed by atoms with Crippen LogP contribution in [0.1, 0.15) is 53.4 Å². The minimum Gasteiger partial charge on any atom is -0.481 e. The van der Waals surface area contributed by atoms with Crippen LogP contribution in [-0.4, -0.2) is 81.1 Å². The number of nitro benzene ring substituents is 1. The maximum atomic E-state index is 13.2. The molecule has 0 bridgehead atoms. The summed E-state index contributed by atoms with van der Waals surface area (Å²) >= 11 is 0. The van der Waals surface area contributed by atoms with Gasteiger partial charge in [0.1, 0.15) is 24.2 Å². The van der Waals surface area contributed by atoms with Gasteiger partial charge in [0.15, 0.2) is 0 Å². The van der Waals surface area contributed by atoms with Gasteiger partial charge in [-0.15, -0.1) is 0 Å². The fourth-order valence-corrected chi connectivity index (χ4v) is 4.22. The van der Waals surface area contributed by atoms with Gasteiger partial charge in [-0.1, -0.05) is 13.8 Å². The van der Waals surface area contributed by atoms with Crippen LogP contribution in [0.5, 0.6) is 0 Å². The number of carbonyl (C=O) groups excluding carboxylic acids is 5. The van der Waals surface area contributed by atoms with Crippen LogP contribution in [0.3, 0.4) is 0 Å². The molecule has 1 saturated heterocycles. The summed E-state index contributed by atoms with van der Waals surface area (Å²) in [7, 11) is 0. The molecule has 1 aliphatic rings. The SMILES string of the molecule is CC(NC(=O)CCC(=O)O)C(=O)NC(C)C(=O)N1CCCC1C(=O)NC(C(=O)Nc1ccc([N+](=O)[O-])cc1)C(C)C. The normalized spacial score (nSPS) is 16.7. The van der Waals surface area contributed by atoms with Crippen LogP contribution < -0.4 is 21.3 Å². The molecule has 0 aliphatic carbocycles. The molecule has 0 aromatic heterocycles. The number of rotatable bonds is 13. The number of anilines is 1. The zero-order chi connectivity index (χ0) is 30.9. The van der Waals surface area contributed by atoms with Crippen molar-refractivity contribution in [2.45, 2.75) is 77.5 Å². The van der Waals surface area contributed by atoms with E-state index >= 15 is 0 Å². The maximum Gasteiger partial charge on any atom is 0.303 e. The first-order valence-electron chi connectivity index (χ1n) is 13.2. The van der Waals surface area contributed by atoms with Gasteiger partial charge in [-0.2, -0.15) is 0 Å². The first-order valence-corrected chi connectivity index (χ1v) is 13.2. The second kappa shape index (κ2) is 14.7. The highest BCUT2D eigenvalue weighted by Gasteiger charge is 2.38. The van der Waals surface area contributed by atoms with Gasteiger partial charge in [-0.05, 0) is 44.7 Å². The van der Waals surface area contributed by atoms with Gasteiger partial charge in [-0.25, -0.2) is 0 Å². The zero-order valence-corrected chi connectivity index (χ0v) is 23.3. The lowest BCUT2D eigenvalue weighted by atomic mass is 10.0. The van der Waals surface area contributed by atoms with E-state index in [0.717, 1.165) is 0 Å². The molecule has 0 saturated carbocycles. The molecular weight excluding hydrogens is 540 g/mol. The monoisotopic (exact) mass is 576 g/mol. The van der Waals surface area contributed by atoms with E-state index in [2.05, 4.69) is 21.3 Å². The summed E-state index contributed by atoms with van der Waals surface area (Å²) in [5.74, 6) is -4.33. The number of aliphatic carboxylic acids is 1. The number of nitro groups is 1. The third-order valence-corrected chi connectivity index (χ3v) is 6.50. The molecule has 4 unspecified atom stereocenters. The standard InChI is InChI=1S/C26H36N6O9/c1-14(2)22(25(38)29-17-7-9-18(10-8-17)32(40)41)30-24(37)19-6-5-13-31(19)26(39)16(4)28-23(36)15(3)27-20(33)11-12-21(34)35/h7-10,14-16,19,22H,5-6,11-13H2,1-4H3,(H,27,33)(H,28,36)(H,29,38)(H,30,37)(H,34,35). The van der Waals surface area contributed by atoms with Crippen LogP contribution >= 0.6 is 0 Å².